The largest absolute Gasteiger partial charge is 0.573 e. The fourth-order valence-electron chi connectivity index (χ4n) is 5.80. The van der Waals surface area contributed by atoms with Crippen LogP contribution in [0.4, 0.5) is 18.0 Å². The number of ether oxygens (including phenoxy) is 4. The molecule has 11 heteroatoms. The van der Waals surface area contributed by atoms with Crippen molar-refractivity contribution in [3.05, 3.63) is 101 Å². The van der Waals surface area contributed by atoms with Crippen LogP contribution in [-0.4, -0.2) is 47.2 Å². The standard InChI is InChI=1S/C36H37BrF3NO6/c1-23(29-21-28(45-36(38,39)40)17-18-30(29)44-27-15-16-27)22-35(46-32(42)25-11-13-26(37)14-12-25)19-8-20-41(33(43)47-34(2,3)4)31(35)24-9-6-5-7-10-24/h5-7,9-14,17-18,21,27,31H,1,8,15-16,19-20,22H2,2-4H3/t31-,35+/m1/s1. The van der Waals surface area contributed by atoms with Crippen molar-refractivity contribution >= 4 is 33.6 Å². The summed E-state index contributed by atoms with van der Waals surface area (Å²) in [6.45, 7) is 9.92. The van der Waals surface area contributed by atoms with Crippen LogP contribution >= 0.6 is 15.9 Å². The van der Waals surface area contributed by atoms with Gasteiger partial charge in [-0.3, -0.25) is 4.90 Å². The average Bonchev–Trinajstić information content (AvgIpc) is 3.81. The van der Waals surface area contributed by atoms with Crippen molar-refractivity contribution in [3.63, 3.8) is 0 Å². The van der Waals surface area contributed by atoms with Gasteiger partial charge in [0.15, 0.2) is 0 Å². The SMILES string of the molecule is C=C(C[C@@]1(OC(=O)c2ccc(Br)cc2)CCCN(C(=O)OC(C)(C)C)[C@@H]1c1ccccc1)c1cc(OC(F)(F)F)ccc1OC1CC1. The second kappa shape index (κ2) is 13.6. The molecule has 1 saturated heterocycles. The van der Waals surface area contributed by atoms with E-state index in [1.807, 2.05) is 30.3 Å². The van der Waals surface area contributed by atoms with Gasteiger partial charge in [-0.2, -0.15) is 0 Å². The van der Waals surface area contributed by atoms with Gasteiger partial charge < -0.3 is 18.9 Å². The first-order chi connectivity index (χ1) is 22.1. The summed E-state index contributed by atoms with van der Waals surface area (Å²) in [7, 11) is 0. The van der Waals surface area contributed by atoms with Crippen molar-refractivity contribution in [1.82, 2.24) is 4.90 Å². The molecule has 250 valence electrons. The molecule has 0 bridgehead atoms. The Morgan fingerprint density at radius 1 is 1.00 bits per heavy atom. The Morgan fingerprint density at radius 3 is 2.30 bits per heavy atom. The molecule has 3 aromatic carbocycles. The van der Waals surface area contributed by atoms with Crippen LogP contribution < -0.4 is 9.47 Å². The highest BCUT2D eigenvalue weighted by molar-refractivity contribution is 9.10. The first-order valence-electron chi connectivity index (χ1n) is 15.4. The molecule has 1 saturated carbocycles. The van der Waals surface area contributed by atoms with E-state index in [9.17, 15) is 22.8 Å². The molecular weight excluding hydrogens is 679 g/mol. The summed E-state index contributed by atoms with van der Waals surface area (Å²) < 4.78 is 63.2. The predicted octanol–water partition coefficient (Wildman–Crippen LogP) is 9.66. The zero-order valence-corrected chi connectivity index (χ0v) is 28.0. The highest BCUT2D eigenvalue weighted by atomic mass is 79.9. The summed E-state index contributed by atoms with van der Waals surface area (Å²) in [5.74, 6) is -0.713. The zero-order chi connectivity index (χ0) is 34.0. The average molecular weight is 717 g/mol. The normalized spacial score (nSPS) is 19.9. The lowest BCUT2D eigenvalue weighted by molar-refractivity contribution is -0.274. The maximum atomic E-state index is 13.9. The molecule has 0 N–H and O–H groups in total. The minimum absolute atomic E-state index is 0.0371. The molecule has 1 aliphatic carbocycles. The monoisotopic (exact) mass is 715 g/mol. The van der Waals surface area contributed by atoms with Gasteiger partial charge >= 0.3 is 18.4 Å². The number of hydrogen-bond donors (Lipinski definition) is 0. The van der Waals surface area contributed by atoms with Crippen LogP contribution in [0.25, 0.3) is 5.57 Å². The van der Waals surface area contributed by atoms with Gasteiger partial charge in [0.25, 0.3) is 0 Å². The summed E-state index contributed by atoms with van der Waals surface area (Å²) in [5.41, 5.74) is -0.585. The van der Waals surface area contributed by atoms with E-state index in [1.54, 1.807) is 49.9 Å². The minimum atomic E-state index is -4.91. The number of benzene rings is 3. The van der Waals surface area contributed by atoms with Crippen molar-refractivity contribution in [2.24, 2.45) is 0 Å². The molecule has 1 heterocycles. The molecule has 0 spiro atoms. The van der Waals surface area contributed by atoms with Gasteiger partial charge in [-0.25, -0.2) is 9.59 Å². The number of alkyl halides is 3. The molecule has 2 fully saturated rings. The van der Waals surface area contributed by atoms with Crippen LogP contribution in [-0.2, 0) is 9.47 Å². The first kappa shape index (κ1) is 34.3. The molecule has 0 radical (unpaired) electrons. The number of carbonyl (C=O) groups is 2. The molecule has 2 aliphatic rings. The second-order valence-corrected chi connectivity index (χ2v) is 13.8. The Morgan fingerprint density at radius 2 is 1.68 bits per heavy atom. The van der Waals surface area contributed by atoms with Gasteiger partial charge in [-0.05, 0) is 100 Å². The Kier molecular flexibility index (Phi) is 9.96. The summed E-state index contributed by atoms with van der Waals surface area (Å²) in [6, 6.07) is 18.9. The van der Waals surface area contributed by atoms with Crippen molar-refractivity contribution in [1.29, 1.82) is 0 Å². The maximum absolute atomic E-state index is 13.9. The maximum Gasteiger partial charge on any atom is 0.573 e. The molecule has 0 aromatic heterocycles. The van der Waals surface area contributed by atoms with Crippen LogP contribution in [0.5, 0.6) is 11.5 Å². The van der Waals surface area contributed by atoms with Crippen molar-refractivity contribution in [3.8, 4) is 11.5 Å². The molecule has 1 amide bonds. The number of hydrogen-bond acceptors (Lipinski definition) is 6. The van der Waals surface area contributed by atoms with E-state index in [-0.39, 0.29) is 18.1 Å². The van der Waals surface area contributed by atoms with Crippen LogP contribution in [0.2, 0.25) is 0 Å². The van der Waals surface area contributed by atoms with Gasteiger partial charge in [-0.1, -0.05) is 52.8 Å². The Bertz CT molecular complexity index is 1600. The van der Waals surface area contributed by atoms with Gasteiger partial charge in [-0.15, -0.1) is 13.2 Å². The molecule has 3 aromatic rings. The summed E-state index contributed by atoms with van der Waals surface area (Å²) in [4.78, 5) is 29.2. The van der Waals surface area contributed by atoms with E-state index in [0.29, 0.717) is 41.8 Å². The van der Waals surface area contributed by atoms with Gasteiger partial charge in [0, 0.05) is 23.0 Å². The zero-order valence-electron chi connectivity index (χ0n) is 26.4. The smallest absolute Gasteiger partial charge is 0.490 e. The third kappa shape index (κ3) is 8.88. The van der Waals surface area contributed by atoms with Crippen LogP contribution in [0.3, 0.4) is 0 Å². The molecule has 7 nitrogen and oxygen atoms in total. The van der Waals surface area contributed by atoms with E-state index in [2.05, 4.69) is 27.2 Å². The fraction of sp³-hybridized carbons (Fsp3) is 0.389. The van der Waals surface area contributed by atoms with E-state index in [0.717, 1.165) is 17.3 Å². The minimum Gasteiger partial charge on any atom is -0.490 e. The number of esters is 1. The molecule has 0 unspecified atom stereocenters. The first-order valence-corrected chi connectivity index (χ1v) is 16.2. The Labute approximate surface area is 280 Å². The second-order valence-electron chi connectivity index (χ2n) is 12.9. The third-order valence-electron chi connectivity index (χ3n) is 7.82. The van der Waals surface area contributed by atoms with E-state index >= 15 is 0 Å². The molecule has 47 heavy (non-hydrogen) atoms. The molecule has 2 atom stereocenters. The quantitative estimate of drug-likeness (QED) is 0.206. The molecular formula is C36H37BrF3NO6. The number of piperidine rings is 1. The van der Waals surface area contributed by atoms with Crippen molar-refractivity contribution in [2.75, 3.05) is 6.54 Å². The highest BCUT2D eigenvalue weighted by Crippen LogP contribution is 2.49. The van der Waals surface area contributed by atoms with E-state index < -0.39 is 41.4 Å². The topological polar surface area (TPSA) is 74.3 Å². The predicted molar refractivity (Wildman–Crippen MR) is 174 cm³/mol. The Balaban J connectivity index is 1.62. The number of amides is 1. The number of nitrogens with zero attached hydrogens (tertiary/aromatic N) is 1. The number of rotatable bonds is 9. The van der Waals surface area contributed by atoms with Crippen LogP contribution in [0.1, 0.15) is 80.4 Å². The summed E-state index contributed by atoms with van der Waals surface area (Å²) in [5, 5.41) is 0. The molecule has 5 rings (SSSR count). The molecule has 1 aliphatic heterocycles. The lowest BCUT2D eigenvalue weighted by Gasteiger charge is -2.49. The number of likely N-dealkylation sites (tertiary alicyclic amines) is 1. The van der Waals surface area contributed by atoms with Crippen molar-refractivity contribution in [2.45, 2.75) is 82.6 Å². The lowest BCUT2D eigenvalue weighted by Crippen LogP contribution is -2.55. The van der Waals surface area contributed by atoms with E-state index in [4.69, 9.17) is 14.2 Å². The number of halogens is 4. The van der Waals surface area contributed by atoms with Crippen molar-refractivity contribution < 1.29 is 41.7 Å². The highest BCUT2D eigenvalue weighted by Gasteiger charge is 2.51. The van der Waals surface area contributed by atoms with Gasteiger partial charge in [0.2, 0.25) is 0 Å². The fourth-order valence-corrected chi connectivity index (χ4v) is 6.06. The summed E-state index contributed by atoms with van der Waals surface area (Å²) in [6.07, 6.45) is -3.17. The number of carbonyl (C=O) groups excluding carboxylic acids is 2. The lowest BCUT2D eigenvalue weighted by atomic mass is 9.75. The van der Waals surface area contributed by atoms with Crippen LogP contribution in [0, 0.1) is 0 Å². The Hall–Kier alpha value is -3.99. The van der Waals surface area contributed by atoms with E-state index in [1.165, 1.54) is 18.2 Å². The summed E-state index contributed by atoms with van der Waals surface area (Å²) >= 11 is 3.39. The van der Waals surface area contributed by atoms with Crippen LogP contribution in [0.15, 0.2) is 83.8 Å². The van der Waals surface area contributed by atoms with Gasteiger partial charge in [0.05, 0.1) is 11.7 Å². The third-order valence-corrected chi connectivity index (χ3v) is 8.35. The van der Waals surface area contributed by atoms with Gasteiger partial charge in [0.1, 0.15) is 28.7 Å².